The van der Waals surface area contributed by atoms with E-state index in [2.05, 4.69) is 0 Å². The number of nitrogens with zero attached hydrogens (tertiary/aromatic N) is 1. The van der Waals surface area contributed by atoms with E-state index in [-0.39, 0.29) is 18.1 Å². The SMILES string of the molecule is CCO[C@@H]1CN(C(=O)CCN)C[C@H]1OCC. The van der Waals surface area contributed by atoms with Crippen LogP contribution in [0, 0.1) is 0 Å². The van der Waals surface area contributed by atoms with Crippen LogP contribution in [0.2, 0.25) is 0 Å². The smallest absolute Gasteiger partial charge is 0.224 e. The molecule has 2 atom stereocenters. The molecule has 0 bridgehead atoms. The maximum Gasteiger partial charge on any atom is 0.224 e. The van der Waals surface area contributed by atoms with Gasteiger partial charge in [-0.25, -0.2) is 0 Å². The summed E-state index contributed by atoms with van der Waals surface area (Å²) in [5.41, 5.74) is 5.37. The van der Waals surface area contributed by atoms with Gasteiger partial charge in [-0.3, -0.25) is 4.79 Å². The number of hydrogen-bond acceptors (Lipinski definition) is 4. The normalized spacial score (nSPS) is 25.1. The number of ether oxygens (including phenoxy) is 2. The van der Waals surface area contributed by atoms with Crippen LogP contribution in [0.3, 0.4) is 0 Å². The second-order valence-electron chi connectivity index (χ2n) is 3.82. The molecule has 5 nitrogen and oxygen atoms in total. The quantitative estimate of drug-likeness (QED) is 0.697. The van der Waals surface area contributed by atoms with E-state index in [0.29, 0.717) is 39.3 Å². The third kappa shape index (κ3) is 3.43. The van der Waals surface area contributed by atoms with Crippen LogP contribution in [0.1, 0.15) is 20.3 Å². The van der Waals surface area contributed by atoms with Crippen LogP contribution < -0.4 is 5.73 Å². The first-order valence-corrected chi connectivity index (χ1v) is 5.93. The maximum atomic E-state index is 11.7. The minimum absolute atomic E-state index is 0.00618. The molecule has 0 saturated carbocycles. The Bertz CT molecular complexity index is 209. The Labute approximate surface area is 96.9 Å². The molecule has 0 unspecified atom stereocenters. The average molecular weight is 230 g/mol. The second-order valence-corrected chi connectivity index (χ2v) is 3.82. The minimum Gasteiger partial charge on any atom is -0.374 e. The van der Waals surface area contributed by atoms with E-state index in [4.69, 9.17) is 15.2 Å². The summed E-state index contributed by atoms with van der Waals surface area (Å²) in [5.74, 6) is 0.0920. The molecular formula is C11H22N2O3. The van der Waals surface area contributed by atoms with Gasteiger partial charge in [0.05, 0.1) is 0 Å². The van der Waals surface area contributed by atoms with E-state index in [1.807, 2.05) is 13.8 Å². The third-order valence-corrected chi connectivity index (χ3v) is 2.69. The highest BCUT2D eigenvalue weighted by Crippen LogP contribution is 2.17. The predicted molar refractivity (Wildman–Crippen MR) is 61.1 cm³/mol. The number of rotatable bonds is 6. The summed E-state index contributed by atoms with van der Waals surface area (Å²) in [4.78, 5) is 13.5. The minimum atomic E-state index is 0.00618. The van der Waals surface area contributed by atoms with E-state index < -0.39 is 0 Å². The van der Waals surface area contributed by atoms with Crippen molar-refractivity contribution in [1.82, 2.24) is 4.90 Å². The predicted octanol–water partition coefficient (Wildman–Crippen LogP) is -0.0124. The Morgan fingerprint density at radius 2 is 1.75 bits per heavy atom. The molecule has 0 aliphatic carbocycles. The van der Waals surface area contributed by atoms with Gasteiger partial charge in [0.15, 0.2) is 0 Å². The van der Waals surface area contributed by atoms with Crippen LogP contribution in [-0.2, 0) is 14.3 Å². The summed E-state index contributed by atoms with van der Waals surface area (Å²) >= 11 is 0. The molecule has 1 amide bonds. The van der Waals surface area contributed by atoms with Gasteiger partial charge in [0.1, 0.15) is 12.2 Å². The van der Waals surface area contributed by atoms with Gasteiger partial charge in [0.2, 0.25) is 5.91 Å². The van der Waals surface area contributed by atoms with Crippen LogP contribution in [0.5, 0.6) is 0 Å². The Balaban J connectivity index is 2.50. The van der Waals surface area contributed by atoms with Crippen molar-refractivity contribution in [3.05, 3.63) is 0 Å². The molecule has 1 saturated heterocycles. The fraction of sp³-hybridized carbons (Fsp3) is 0.909. The molecule has 2 N–H and O–H groups in total. The van der Waals surface area contributed by atoms with E-state index in [0.717, 1.165) is 0 Å². The lowest BCUT2D eigenvalue weighted by molar-refractivity contribution is -0.130. The van der Waals surface area contributed by atoms with Crippen LogP contribution in [-0.4, -0.2) is 55.9 Å². The molecule has 0 aromatic heterocycles. The zero-order chi connectivity index (χ0) is 12.0. The lowest BCUT2D eigenvalue weighted by Crippen LogP contribution is -2.31. The summed E-state index contributed by atoms with van der Waals surface area (Å²) in [7, 11) is 0. The molecule has 0 radical (unpaired) electrons. The van der Waals surface area contributed by atoms with E-state index in [1.54, 1.807) is 4.90 Å². The Hall–Kier alpha value is -0.650. The first-order chi connectivity index (χ1) is 7.72. The van der Waals surface area contributed by atoms with Crippen molar-refractivity contribution in [2.75, 3.05) is 32.8 Å². The topological polar surface area (TPSA) is 64.8 Å². The first-order valence-electron chi connectivity index (χ1n) is 5.93. The average Bonchev–Trinajstić information content (AvgIpc) is 2.64. The van der Waals surface area contributed by atoms with Gasteiger partial charge in [-0.1, -0.05) is 0 Å². The summed E-state index contributed by atoms with van der Waals surface area (Å²) in [6, 6.07) is 0. The molecule has 1 rings (SSSR count). The van der Waals surface area contributed by atoms with Crippen molar-refractivity contribution in [3.63, 3.8) is 0 Å². The van der Waals surface area contributed by atoms with Gasteiger partial charge in [-0.05, 0) is 13.8 Å². The van der Waals surface area contributed by atoms with Gasteiger partial charge < -0.3 is 20.1 Å². The fourth-order valence-electron chi connectivity index (χ4n) is 1.98. The van der Waals surface area contributed by atoms with Gasteiger partial charge in [-0.2, -0.15) is 0 Å². The van der Waals surface area contributed by atoms with Crippen LogP contribution in [0.25, 0.3) is 0 Å². The molecule has 1 aliphatic rings. The number of nitrogens with two attached hydrogens (primary N) is 1. The monoisotopic (exact) mass is 230 g/mol. The molecule has 1 fully saturated rings. The lowest BCUT2D eigenvalue weighted by Gasteiger charge is -2.17. The maximum absolute atomic E-state index is 11.7. The molecule has 1 heterocycles. The summed E-state index contributed by atoms with van der Waals surface area (Å²) in [5, 5.41) is 0. The summed E-state index contributed by atoms with van der Waals surface area (Å²) in [6.07, 6.45) is 0.413. The molecular weight excluding hydrogens is 208 g/mol. The number of hydrogen-bond donors (Lipinski definition) is 1. The fourth-order valence-corrected chi connectivity index (χ4v) is 1.98. The van der Waals surface area contributed by atoms with E-state index in [9.17, 15) is 4.79 Å². The van der Waals surface area contributed by atoms with Crippen molar-refractivity contribution in [1.29, 1.82) is 0 Å². The Kier molecular flexibility index (Phi) is 5.73. The van der Waals surface area contributed by atoms with Gasteiger partial charge in [0.25, 0.3) is 0 Å². The van der Waals surface area contributed by atoms with Gasteiger partial charge in [-0.15, -0.1) is 0 Å². The molecule has 5 heteroatoms. The highest BCUT2D eigenvalue weighted by molar-refractivity contribution is 5.76. The molecule has 0 spiro atoms. The zero-order valence-corrected chi connectivity index (χ0v) is 10.1. The Morgan fingerprint density at radius 1 is 1.25 bits per heavy atom. The summed E-state index contributed by atoms with van der Waals surface area (Å²) < 4.78 is 11.2. The van der Waals surface area contributed by atoms with E-state index in [1.165, 1.54) is 0 Å². The highest BCUT2D eigenvalue weighted by atomic mass is 16.5. The number of carbonyl (C=O) groups is 1. The van der Waals surface area contributed by atoms with Crippen molar-refractivity contribution in [2.45, 2.75) is 32.5 Å². The first kappa shape index (κ1) is 13.4. The third-order valence-electron chi connectivity index (χ3n) is 2.69. The van der Waals surface area contributed by atoms with Crippen molar-refractivity contribution in [2.24, 2.45) is 5.73 Å². The van der Waals surface area contributed by atoms with Crippen molar-refractivity contribution < 1.29 is 14.3 Å². The van der Waals surface area contributed by atoms with E-state index >= 15 is 0 Å². The molecule has 0 aromatic rings. The number of carbonyl (C=O) groups excluding carboxylic acids is 1. The zero-order valence-electron chi connectivity index (χ0n) is 10.1. The van der Waals surface area contributed by atoms with Crippen LogP contribution in [0.4, 0.5) is 0 Å². The molecule has 1 aliphatic heterocycles. The number of likely N-dealkylation sites (tertiary alicyclic amines) is 1. The highest BCUT2D eigenvalue weighted by Gasteiger charge is 2.35. The lowest BCUT2D eigenvalue weighted by atomic mass is 10.2. The number of amides is 1. The van der Waals surface area contributed by atoms with Crippen LogP contribution >= 0.6 is 0 Å². The molecule has 0 aromatic carbocycles. The largest absolute Gasteiger partial charge is 0.374 e. The summed E-state index contributed by atoms with van der Waals surface area (Å²) in [6.45, 7) is 6.84. The molecule has 16 heavy (non-hydrogen) atoms. The van der Waals surface area contributed by atoms with Gasteiger partial charge >= 0.3 is 0 Å². The van der Waals surface area contributed by atoms with Crippen molar-refractivity contribution in [3.8, 4) is 0 Å². The standard InChI is InChI=1S/C11H22N2O3/c1-3-15-9-7-13(11(14)5-6-12)8-10(9)16-4-2/h9-10H,3-8,12H2,1-2H3/t9-,10-/m1/s1. The molecule has 94 valence electrons. The van der Waals surface area contributed by atoms with Gasteiger partial charge in [0, 0.05) is 39.3 Å². The van der Waals surface area contributed by atoms with Crippen LogP contribution in [0.15, 0.2) is 0 Å². The second kappa shape index (κ2) is 6.83. The van der Waals surface area contributed by atoms with Crippen molar-refractivity contribution >= 4 is 5.91 Å². The Morgan fingerprint density at radius 3 is 2.12 bits per heavy atom.